The number of aromatic nitrogens is 3. The quantitative estimate of drug-likeness (QED) is 0.873. The van der Waals surface area contributed by atoms with E-state index in [-0.39, 0.29) is 0 Å². The van der Waals surface area contributed by atoms with Crippen LogP contribution in [0.15, 0.2) is 0 Å². The molecule has 1 aliphatic carbocycles. The van der Waals surface area contributed by atoms with Crippen LogP contribution in [0.2, 0.25) is 0 Å². The summed E-state index contributed by atoms with van der Waals surface area (Å²) in [6.45, 7) is 0.818. The molecule has 5 heteroatoms. The summed E-state index contributed by atoms with van der Waals surface area (Å²) in [6.07, 6.45) is 7.69. The summed E-state index contributed by atoms with van der Waals surface area (Å²) >= 11 is 0. The number of nitrogens with zero attached hydrogens (tertiary/aromatic N) is 3. The maximum atomic E-state index is 11.2. The molecular formula is C13H19N3O2. The van der Waals surface area contributed by atoms with Crippen LogP contribution in [-0.4, -0.2) is 25.8 Å². The lowest BCUT2D eigenvalue weighted by atomic mass is 9.89. The number of carboxylic acids is 1. The minimum Gasteiger partial charge on any atom is -0.481 e. The van der Waals surface area contributed by atoms with Gasteiger partial charge < -0.3 is 5.11 Å². The normalized spacial score (nSPS) is 24.8. The highest BCUT2D eigenvalue weighted by Crippen LogP contribution is 2.33. The lowest BCUT2D eigenvalue weighted by molar-refractivity contribution is -0.139. The van der Waals surface area contributed by atoms with Crippen molar-refractivity contribution >= 4 is 5.97 Å². The molecule has 1 fully saturated rings. The second kappa shape index (κ2) is 4.71. The van der Waals surface area contributed by atoms with E-state index in [0.29, 0.717) is 18.2 Å². The average molecular weight is 249 g/mol. The molecule has 0 radical (unpaired) electrons. The molecule has 5 nitrogen and oxygen atoms in total. The van der Waals surface area contributed by atoms with Crippen LogP contribution in [0, 0.1) is 0 Å². The molecule has 0 saturated heterocycles. The predicted octanol–water partition coefficient (Wildman–Crippen LogP) is 2.29. The summed E-state index contributed by atoms with van der Waals surface area (Å²) in [5.41, 5.74) is 0. The van der Waals surface area contributed by atoms with Crippen LogP contribution in [0.1, 0.15) is 68.4 Å². The molecule has 1 unspecified atom stereocenters. The Labute approximate surface area is 106 Å². The third-order valence-corrected chi connectivity index (χ3v) is 4.16. The molecule has 1 N–H and O–H groups in total. The summed E-state index contributed by atoms with van der Waals surface area (Å²) in [4.78, 5) is 15.8. The van der Waals surface area contributed by atoms with E-state index in [9.17, 15) is 9.90 Å². The predicted molar refractivity (Wildman–Crippen MR) is 65.5 cm³/mol. The van der Waals surface area contributed by atoms with Gasteiger partial charge in [0.05, 0.1) is 0 Å². The maximum Gasteiger partial charge on any atom is 0.314 e. The zero-order valence-electron chi connectivity index (χ0n) is 10.5. The molecular weight excluding hydrogens is 230 g/mol. The molecule has 3 rings (SSSR count). The van der Waals surface area contributed by atoms with Gasteiger partial charge in [0.1, 0.15) is 11.7 Å². The smallest absolute Gasteiger partial charge is 0.314 e. The van der Waals surface area contributed by atoms with Gasteiger partial charge in [-0.15, -0.1) is 0 Å². The molecule has 2 aliphatic rings. The number of aliphatic carboxylic acids is 1. The van der Waals surface area contributed by atoms with Crippen molar-refractivity contribution in [1.29, 1.82) is 0 Å². The SMILES string of the molecule is O=C(O)C1CCCn2nc(C3CCCCC3)nc21. The largest absolute Gasteiger partial charge is 0.481 e. The van der Waals surface area contributed by atoms with Crippen molar-refractivity contribution in [2.75, 3.05) is 0 Å². The van der Waals surface area contributed by atoms with Crippen molar-refractivity contribution in [3.8, 4) is 0 Å². The highest BCUT2D eigenvalue weighted by Gasteiger charge is 2.31. The first-order valence-electron chi connectivity index (χ1n) is 6.93. The number of carbonyl (C=O) groups is 1. The molecule has 1 aromatic rings. The lowest BCUT2D eigenvalue weighted by Crippen LogP contribution is -2.22. The molecule has 1 saturated carbocycles. The first kappa shape index (κ1) is 11.7. The van der Waals surface area contributed by atoms with Gasteiger partial charge in [-0.05, 0) is 25.7 Å². The van der Waals surface area contributed by atoms with Crippen LogP contribution in [-0.2, 0) is 11.3 Å². The van der Waals surface area contributed by atoms with Crippen molar-refractivity contribution in [2.45, 2.75) is 63.3 Å². The zero-order valence-corrected chi connectivity index (χ0v) is 10.5. The van der Waals surface area contributed by atoms with Gasteiger partial charge >= 0.3 is 5.97 Å². The molecule has 98 valence electrons. The summed E-state index contributed by atoms with van der Waals surface area (Å²) < 4.78 is 1.83. The van der Waals surface area contributed by atoms with Crippen LogP contribution in [0.5, 0.6) is 0 Å². The maximum absolute atomic E-state index is 11.2. The molecule has 1 aliphatic heterocycles. The standard InChI is InChI=1S/C13H19N3O2/c17-13(18)10-7-4-8-16-12(10)14-11(15-16)9-5-2-1-3-6-9/h9-10H,1-8H2,(H,17,18). The van der Waals surface area contributed by atoms with Gasteiger partial charge in [-0.2, -0.15) is 5.10 Å². The van der Waals surface area contributed by atoms with E-state index < -0.39 is 11.9 Å². The molecule has 2 heterocycles. The van der Waals surface area contributed by atoms with E-state index >= 15 is 0 Å². The number of aryl methyl sites for hydroxylation is 1. The van der Waals surface area contributed by atoms with E-state index in [2.05, 4.69) is 10.1 Å². The number of rotatable bonds is 2. The average Bonchev–Trinajstić information content (AvgIpc) is 2.83. The Morgan fingerprint density at radius 3 is 2.67 bits per heavy atom. The van der Waals surface area contributed by atoms with Gasteiger partial charge in [0.15, 0.2) is 5.82 Å². The molecule has 1 aromatic heterocycles. The van der Waals surface area contributed by atoms with Gasteiger partial charge in [-0.25, -0.2) is 9.67 Å². The fourth-order valence-electron chi connectivity index (χ4n) is 3.14. The fourth-order valence-corrected chi connectivity index (χ4v) is 3.14. The Morgan fingerprint density at radius 2 is 1.94 bits per heavy atom. The van der Waals surface area contributed by atoms with Gasteiger partial charge in [0, 0.05) is 12.5 Å². The van der Waals surface area contributed by atoms with Crippen molar-refractivity contribution in [2.24, 2.45) is 0 Å². The summed E-state index contributed by atoms with van der Waals surface area (Å²) in [6, 6.07) is 0. The first-order chi connectivity index (χ1) is 8.75. The molecule has 0 aromatic carbocycles. The summed E-state index contributed by atoms with van der Waals surface area (Å²) in [5, 5.41) is 13.8. The van der Waals surface area contributed by atoms with Crippen molar-refractivity contribution in [3.05, 3.63) is 11.6 Å². The van der Waals surface area contributed by atoms with Gasteiger partial charge in [0.2, 0.25) is 0 Å². The third-order valence-electron chi connectivity index (χ3n) is 4.16. The van der Waals surface area contributed by atoms with Crippen LogP contribution in [0.4, 0.5) is 0 Å². The Balaban J connectivity index is 1.88. The Morgan fingerprint density at radius 1 is 1.17 bits per heavy atom. The second-order valence-electron chi connectivity index (χ2n) is 5.42. The van der Waals surface area contributed by atoms with E-state index in [4.69, 9.17) is 0 Å². The fraction of sp³-hybridized carbons (Fsp3) is 0.769. The highest BCUT2D eigenvalue weighted by molar-refractivity contribution is 5.75. The zero-order chi connectivity index (χ0) is 12.5. The van der Waals surface area contributed by atoms with E-state index in [1.807, 2.05) is 4.68 Å². The monoisotopic (exact) mass is 249 g/mol. The Kier molecular flexibility index (Phi) is 3.06. The first-order valence-corrected chi connectivity index (χ1v) is 6.93. The van der Waals surface area contributed by atoms with Gasteiger partial charge in [-0.3, -0.25) is 4.79 Å². The Hall–Kier alpha value is -1.39. The van der Waals surface area contributed by atoms with Crippen LogP contribution >= 0.6 is 0 Å². The number of carboxylic acid groups (broad SMARTS) is 1. The van der Waals surface area contributed by atoms with Crippen molar-refractivity contribution in [3.63, 3.8) is 0 Å². The Bertz CT molecular complexity index is 449. The molecule has 18 heavy (non-hydrogen) atoms. The molecule has 0 spiro atoms. The summed E-state index contributed by atoms with van der Waals surface area (Å²) in [5.74, 6) is 0.792. The second-order valence-corrected chi connectivity index (χ2v) is 5.42. The van der Waals surface area contributed by atoms with E-state index in [1.165, 1.54) is 19.3 Å². The highest BCUT2D eigenvalue weighted by atomic mass is 16.4. The number of hydrogen-bond donors (Lipinski definition) is 1. The van der Waals surface area contributed by atoms with Crippen LogP contribution in [0.3, 0.4) is 0 Å². The minimum absolute atomic E-state index is 0.450. The lowest BCUT2D eigenvalue weighted by Gasteiger charge is -2.18. The van der Waals surface area contributed by atoms with Crippen molar-refractivity contribution < 1.29 is 9.90 Å². The molecule has 0 bridgehead atoms. The van der Waals surface area contributed by atoms with Crippen LogP contribution < -0.4 is 0 Å². The topological polar surface area (TPSA) is 68.0 Å². The molecule has 1 atom stereocenters. The number of fused-ring (bicyclic) bond motifs is 1. The van der Waals surface area contributed by atoms with Crippen molar-refractivity contribution in [1.82, 2.24) is 14.8 Å². The third kappa shape index (κ3) is 2.02. The van der Waals surface area contributed by atoms with E-state index in [0.717, 1.165) is 31.6 Å². The van der Waals surface area contributed by atoms with Gasteiger partial charge in [-0.1, -0.05) is 19.3 Å². The van der Waals surface area contributed by atoms with E-state index in [1.54, 1.807) is 0 Å². The minimum atomic E-state index is -0.765. The number of hydrogen-bond acceptors (Lipinski definition) is 3. The molecule has 0 amide bonds. The van der Waals surface area contributed by atoms with Gasteiger partial charge in [0.25, 0.3) is 0 Å². The van der Waals surface area contributed by atoms with Crippen LogP contribution in [0.25, 0.3) is 0 Å². The summed E-state index contributed by atoms with van der Waals surface area (Å²) in [7, 11) is 0.